The molecule has 2 rings (SSSR count). The summed E-state index contributed by atoms with van der Waals surface area (Å²) >= 11 is 0. The highest BCUT2D eigenvalue weighted by molar-refractivity contribution is 5.85. The number of nitrogens with two attached hydrogens (primary N) is 1. The van der Waals surface area contributed by atoms with Gasteiger partial charge < -0.3 is 21.3 Å². The number of halogens is 2. The Bertz CT molecular complexity index is 360. The van der Waals surface area contributed by atoms with Gasteiger partial charge in [-0.05, 0) is 12.8 Å². The van der Waals surface area contributed by atoms with Crippen molar-refractivity contribution >= 4 is 42.7 Å². The maximum Gasteiger partial charge on any atom is 0.231 e. The van der Waals surface area contributed by atoms with Gasteiger partial charge in [-0.2, -0.15) is 15.0 Å². The number of hydrogen-bond donors (Lipinski definition) is 3. The van der Waals surface area contributed by atoms with Crippen LogP contribution in [0.15, 0.2) is 0 Å². The Morgan fingerprint density at radius 1 is 1.00 bits per heavy atom. The van der Waals surface area contributed by atoms with Gasteiger partial charge in [-0.1, -0.05) is 0 Å². The van der Waals surface area contributed by atoms with Crippen molar-refractivity contribution in [1.29, 1.82) is 0 Å². The maximum absolute atomic E-state index is 5.88. The average molecular weight is 310 g/mol. The molecule has 0 bridgehead atoms. The summed E-state index contributed by atoms with van der Waals surface area (Å²) in [4.78, 5) is 15.1. The van der Waals surface area contributed by atoms with E-state index in [1.165, 1.54) is 0 Å². The second kappa shape index (κ2) is 8.19. The second-order valence-corrected chi connectivity index (χ2v) is 4.11. The van der Waals surface area contributed by atoms with E-state index in [1.54, 1.807) is 14.1 Å². The highest BCUT2D eigenvalue weighted by Crippen LogP contribution is 2.17. The van der Waals surface area contributed by atoms with E-state index in [9.17, 15) is 0 Å². The summed E-state index contributed by atoms with van der Waals surface area (Å²) in [7, 11) is 3.59. The Morgan fingerprint density at radius 2 is 1.47 bits per heavy atom. The van der Waals surface area contributed by atoms with Crippen molar-refractivity contribution in [3.63, 3.8) is 0 Å². The summed E-state index contributed by atoms with van der Waals surface area (Å²) in [6.45, 7) is 1.80. The van der Waals surface area contributed by atoms with Gasteiger partial charge in [0.05, 0.1) is 0 Å². The highest BCUT2D eigenvalue weighted by Gasteiger charge is 2.19. The van der Waals surface area contributed by atoms with Gasteiger partial charge in [0.2, 0.25) is 17.8 Å². The second-order valence-electron chi connectivity index (χ2n) is 4.11. The summed E-state index contributed by atoms with van der Waals surface area (Å²) < 4.78 is 0. The van der Waals surface area contributed by atoms with Crippen molar-refractivity contribution in [3.8, 4) is 0 Å². The number of aromatic nitrogens is 3. The predicted octanol–water partition coefficient (Wildman–Crippen LogP) is 0.726. The Balaban J connectivity index is 0.00000162. The average Bonchev–Trinajstić information content (AvgIpc) is 2.39. The first-order valence-electron chi connectivity index (χ1n) is 5.85. The number of nitrogens with one attached hydrogen (secondary N) is 2. The first-order chi connectivity index (χ1) is 8.22. The van der Waals surface area contributed by atoms with Gasteiger partial charge in [0, 0.05) is 33.2 Å². The molecule has 0 atom stereocenters. The van der Waals surface area contributed by atoms with Gasteiger partial charge in [0.15, 0.2) is 0 Å². The third-order valence-electron chi connectivity index (χ3n) is 2.89. The van der Waals surface area contributed by atoms with E-state index >= 15 is 0 Å². The molecular weight excluding hydrogens is 289 g/mol. The quantitative estimate of drug-likeness (QED) is 0.758. The third kappa shape index (κ3) is 4.52. The smallest absolute Gasteiger partial charge is 0.231 e. The molecule has 0 amide bonds. The van der Waals surface area contributed by atoms with Gasteiger partial charge in [-0.25, -0.2) is 0 Å². The van der Waals surface area contributed by atoms with Gasteiger partial charge in [0.25, 0.3) is 0 Å². The Hall–Kier alpha value is -1.05. The lowest BCUT2D eigenvalue weighted by Crippen LogP contribution is -2.40. The Morgan fingerprint density at radius 3 is 1.89 bits per heavy atom. The molecule has 9 heteroatoms. The number of hydrogen-bond acceptors (Lipinski definition) is 7. The lowest BCUT2D eigenvalue weighted by atomic mass is 10.1. The van der Waals surface area contributed by atoms with E-state index in [1.807, 2.05) is 0 Å². The fraction of sp³-hybridized carbons (Fsp3) is 0.700. The van der Waals surface area contributed by atoms with Gasteiger partial charge in [-0.3, -0.25) is 0 Å². The van der Waals surface area contributed by atoms with Crippen molar-refractivity contribution in [3.05, 3.63) is 0 Å². The van der Waals surface area contributed by atoms with Crippen LogP contribution in [0.1, 0.15) is 12.8 Å². The molecule has 1 aromatic heterocycles. The fourth-order valence-electron chi connectivity index (χ4n) is 1.83. The molecule has 0 radical (unpaired) electrons. The minimum atomic E-state index is 0. The van der Waals surface area contributed by atoms with Crippen LogP contribution in [0.25, 0.3) is 0 Å². The molecule has 1 fully saturated rings. The number of piperidine rings is 1. The van der Waals surface area contributed by atoms with E-state index in [0.717, 1.165) is 25.9 Å². The van der Waals surface area contributed by atoms with Gasteiger partial charge in [0.1, 0.15) is 0 Å². The van der Waals surface area contributed by atoms with Crippen molar-refractivity contribution in [2.24, 2.45) is 5.73 Å². The van der Waals surface area contributed by atoms with E-state index in [-0.39, 0.29) is 24.8 Å². The van der Waals surface area contributed by atoms with Crippen LogP contribution in [-0.4, -0.2) is 48.2 Å². The van der Waals surface area contributed by atoms with Crippen LogP contribution in [0.2, 0.25) is 0 Å². The topological polar surface area (TPSA) is 92.0 Å². The molecule has 2 heterocycles. The summed E-state index contributed by atoms with van der Waals surface area (Å²) in [6.07, 6.45) is 1.96. The summed E-state index contributed by atoms with van der Waals surface area (Å²) in [5.41, 5.74) is 5.88. The molecule has 7 nitrogen and oxygen atoms in total. The highest BCUT2D eigenvalue weighted by atomic mass is 35.5. The molecule has 110 valence electrons. The molecule has 1 aromatic rings. The molecule has 1 aliphatic heterocycles. The van der Waals surface area contributed by atoms with E-state index in [2.05, 4.69) is 30.5 Å². The third-order valence-corrected chi connectivity index (χ3v) is 2.89. The van der Waals surface area contributed by atoms with Crippen LogP contribution in [0.4, 0.5) is 17.8 Å². The predicted molar refractivity (Wildman–Crippen MR) is 82.8 cm³/mol. The first-order valence-corrected chi connectivity index (χ1v) is 5.85. The first kappa shape index (κ1) is 17.9. The van der Waals surface area contributed by atoms with E-state index < -0.39 is 0 Å². The van der Waals surface area contributed by atoms with Crippen LogP contribution in [0, 0.1) is 0 Å². The van der Waals surface area contributed by atoms with Crippen molar-refractivity contribution in [1.82, 2.24) is 15.0 Å². The standard InChI is InChI=1S/C10H19N7.2ClH/c1-12-8-14-9(13-2)16-10(15-8)17-5-3-7(11)4-6-17;;/h7H,3-6,11H2,1-2H3,(H2,12,13,14,15,16);2*1H. The molecule has 0 aromatic carbocycles. The lowest BCUT2D eigenvalue weighted by Gasteiger charge is -2.30. The zero-order valence-corrected chi connectivity index (χ0v) is 12.7. The molecule has 0 aliphatic carbocycles. The fourth-order valence-corrected chi connectivity index (χ4v) is 1.83. The molecule has 0 spiro atoms. The summed E-state index contributed by atoms with van der Waals surface area (Å²) in [5.74, 6) is 1.86. The molecule has 0 saturated carbocycles. The Kier molecular flexibility index (Phi) is 7.73. The largest absolute Gasteiger partial charge is 0.357 e. The number of nitrogens with zero attached hydrogens (tertiary/aromatic N) is 4. The zero-order chi connectivity index (χ0) is 12.3. The van der Waals surface area contributed by atoms with Crippen LogP contribution >= 0.6 is 24.8 Å². The molecule has 0 unspecified atom stereocenters. The van der Waals surface area contributed by atoms with E-state index in [4.69, 9.17) is 5.73 Å². The monoisotopic (exact) mass is 309 g/mol. The van der Waals surface area contributed by atoms with Crippen LogP contribution in [0.5, 0.6) is 0 Å². The van der Waals surface area contributed by atoms with Crippen molar-refractivity contribution in [2.75, 3.05) is 42.7 Å². The lowest BCUT2D eigenvalue weighted by molar-refractivity contribution is 0.495. The molecule has 4 N–H and O–H groups in total. The maximum atomic E-state index is 5.88. The molecule has 1 aliphatic rings. The van der Waals surface area contributed by atoms with Crippen molar-refractivity contribution < 1.29 is 0 Å². The van der Waals surface area contributed by atoms with E-state index in [0.29, 0.717) is 23.9 Å². The minimum absolute atomic E-state index is 0. The summed E-state index contributed by atoms with van der Waals surface area (Å²) in [5, 5.41) is 5.87. The SMILES string of the molecule is CNc1nc(NC)nc(N2CCC(N)CC2)n1.Cl.Cl. The minimum Gasteiger partial charge on any atom is -0.357 e. The molecular formula is C10H21Cl2N7. The molecule has 1 saturated heterocycles. The van der Waals surface area contributed by atoms with Crippen LogP contribution < -0.4 is 21.3 Å². The molecule has 19 heavy (non-hydrogen) atoms. The number of rotatable bonds is 3. The zero-order valence-electron chi connectivity index (χ0n) is 11.1. The summed E-state index contributed by atoms with van der Waals surface area (Å²) in [6, 6.07) is 0.306. The Labute approximate surface area is 125 Å². The van der Waals surface area contributed by atoms with Crippen LogP contribution in [0.3, 0.4) is 0 Å². The number of anilines is 3. The normalized spacial score (nSPS) is 15.2. The van der Waals surface area contributed by atoms with Crippen LogP contribution in [-0.2, 0) is 0 Å². The van der Waals surface area contributed by atoms with Gasteiger partial charge in [-0.15, -0.1) is 24.8 Å². The van der Waals surface area contributed by atoms with Gasteiger partial charge >= 0.3 is 0 Å². The van der Waals surface area contributed by atoms with Crippen molar-refractivity contribution in [2.45, 2.75) is 18.9 Å².